The number of piperidine rings is 1. The average Bonchev–Trinajstić information content (AvgIpc) is 3.34. The number of anilines is 1. The number of carbonyl (C=O) groups excluding carboxylic acids is 2. The minimum atomic E-state index is -0.233. The van der Waals surface area contributed by atoms with Crippen LogP contribution in [0.5, 0.6) is 0 Å². The lowest BCUT2D eigenvalue weighted by atomic mass is 10.0. The third-order valence-corrected chi connectivity index (χ3v) is 7.15. The van der Waals surface area contributed by atoms with Gasteiger partial charge >= 0.3 is 6.03 Å². The zero-order chi connectivity index (χ0) is 19.6. The Kier molecular flexibility index (Phi) is 5.35. The number of nitrogens with zero attached hydrogens (tertiary/aromatic N) is 2. The van der Waals surface area contributed by atoms with E-state index in [1.165, 1.54) is 5.56 Å². The van der Waals surface area contributed by atoms with E-state index in [1.54, 1.807) is 18.0 Å². The number of rotatable bonds is 4. The van der Waals surface area contributed by atoms with Gasteiger partial charge in [0.05, 0.1) is 23.4 Å². The molecule has 7 heteroatoms. The molecule has 2 aliphatic heterocycles. The molecule has 4 rings (SSSR count). The van der Waals surface area contributed by atoms with Gasteiger partial charge in [-0.25, -0.2) is 4.79 Å². The van der Waals surface area contributed by atoms with Crippen molar-refractivity contribution in [2.45, 2.75) is 37.6 Å². The highest BCUT2D eigenvalue weighted by Crippen LogP contribution is 2.45. The summed E-state index contributed by atoms with van der Waals surface area (Å²) in [5.41, 5.74) is 2.06. The van der Waals surface area contributed by atoms with E-state index in [1.807, 2.05) is 46.2 Å². The Morgan fingerprint density at radius 2 is 1.96 bits per heavy atom. The lowest BCUT2D eigenvalue weighted by Crippen LogP contribution is -2.53. The zero-order valence-corrected chi connectivity index (χ0v) is 16.8. The van der Waals surface area contributed by atoms with Gasteiger partial charge in [-0.2, -0.15) is 0 Å². The van der Waals surface area contributed by atoms with Crippen LogP contribution in [0.15, 0.2) is 47.1 Å². The summed E-state index contributed by atoms with van der Waals surface area (Å²) in [5.74, 6) is 1.44. The van der Waals surface area contributed by atoms with Crippen molar-refractivity contribution in [3.63, 3.8) is 0 Å². The average molecular weight is 400 g/mol. The first-order valence-corrected chi connectivity index (χ1v) is 10.7. The molecule has 28 heavy (non-hydrogen) atoms. The van der Waals surface area contributed by atoms with Crippen molar-refractivity contribution in [3.05, 3.63) is 54.0 Å². The van der Waals surface area contributed by atoms with Crippen LogP contribution < -0.4 is 5.32 Å². The highest BCUT2D eigenvalue weighted by Gasteiger charge is 2.48. The number of furan rings is 1. The normalized spacial score (nSPS) is 18.7. The Morgan fingerprint density at radius 1 is 1.21 bits per heavy atom. The number of benzene rings is 1. The number of hydrogen-bond acceptors (Lipinski definition) is 4. The van der Waals surface area contributed by atoms with E-state index in [4.69, 9.17) is 4.42 Å². The van der Waals surface area contributed by atoms with Crippen LogP contribution in [0, 0.1) is 0 Å². The topological polar surface area (TPSA) is 65.8 Å². The van der Waals surface area contributed by atoms with Crippen LogP contribution in [0.4, 0.5) is 10.5 Å². The Labute approximate surface area is 169 Å². The van der Waals surface area contributed by atoms with Crippen LogP contribution in [0.2, 0.25) is 0 Å². The fraction of sp³-hybridized carbons (Fsp3) is 0.429. The van der Waals surface area contributed by atoms with Gasteiger partial charge in [0.2, 0.25) is 5.91 Å². The predicted octanol–water partition coefficient (Wildman–Crippen LogP) is 3.94. The number of aryl methyl sites for hydroxylation is 1. The molecule has 1 spiro atoms. The van der Waals surface area contributed by atoms with E-state index in [0.29, 0.717) is 25.4 Å². The SMILES string of the molecule is CCc1ccc(NC(=O)N2CCC3(CC2)SCC(=O)N3Cc2ccco2)cc1. The molecule has 2 saturated heterocycles. The van der Waals surface area contributed by atoms with E-state index < -0.39 is 0 Å². The molecular weight excluding hydrogens is 374 g/mol. The van der Waals surface area contributed by atoms with Crippen LogP contribution >= 0.6 is 11.8 Å². The summed E-state index contributed by atoms with van der Waals surface area (Å²) in [7, 11) is 0. The van der Waals surface area contributed by atoms with Crippen LogP contribution in [0.25, 0.3) is 0 Å². The zero-order valence-electron chi connectivity index (χ0n) is 16.0. The first kappa shape index (κ1) is 18.9. The summed E-state index contributed by atoms with van der Waals surface area (Å²) < 4.78 is 5.44. The molecule has 0 atom stereocenters. The lowest BCUT2D eigenvalue weighted by molar-refractivity contribution is -0.132. The van der Waals surface area contributed by atoms with Gasteiger partial charge in [0.15, 0.2) is 0 Å². The van der Waals surface area contributed by atoms with E-state index in [0.717, 1.165) is 30.7 Å². The van der Waals surface area contributed by atoms with Crippen molar-refractivity contribution in [1.29, 1.82) is 0 Å². The van der Waals surface area contributed by atoms with Crippen LogP contribution in [0.3, 0.4) is 0 Å². The molecule has 148 valence electrons. The highest BCUT2D eigenvalue weighted by molar-refractivity contribution is 8.01. The molecule has 2 aliphatic rings. The quantitative estimate of drug-likeness (QED) is 0.846. The molecule has 1 aromatic carbocycles. The van der Waals surface area contributed by atoms with E-state index in [2.05, 4.69) is 12.2 Å². The second-order valence-electron chi connectivity index (χ2n) is 7.26. The van der Waals surface area contributed by atoms with Gasteiger partial charge in [-0.15, -0.1) is 11.8 Å². The first-order chi connectivity index (χ1) is 13.6. The predicted molar refractivity (Wildman–Crippen MR) is 110 cm³/mol. The maximum absolute atomic E-state index is 12.6. The molecule has 2 aromatic rings. The fourth-order valence-corrected chi connectivity index (χ4v) is 5.21. The number of likely N-dealkylation sites (tertiary alicyclic amines) is 1. The van der Waals surface area contributed by atoms with Crippen molar-refractivity contribution in [2.75, 3.05) is 24.2 Å². The Morgan fingerprint density at radius 3 is 2.61 bits per heavy atom. The molecule has 0 unspecified atom stereocenters. The molecule has 0 saturated carbocycles. The van der Waals surface area contributed by atoms with Crippen molar-refractivity contribution in [3.8, 4) is 0 Å². The number of urea groups is 1. The molecule has 6 nitrogen and oxygen atoms in total. The summed E-state index contributed by atoms with van der Waals surface area (Å²) in [6, 6.07) is 11.6. The van der Waals surface area contributed by atoms with Crippen molar-refractivity contribution in [1.82, 2.24) is 9.80 Å². The van der Waals surface area contributed by atoms with Gasteiger partial charge in [0.25, 0.3) is 0 Å². The third-order valence-electron chi connectivity index (χ3n) is 5.60. The van der Waals surface area contributed by atoms with E-state index in [-0.39, 0.29) is 16.8 Å². The van der Waals surface area contributed by atoms with Gasteiger partial charge in [0, 0.05) is 18.8 Å². The summed E-state index contributed by atoms with van der Waals surface area (Å²) in [5, 5.41) is 2.98. The summed E-state index contributed by atoms with van der Waals surface area (Å²) in [6.07, 6.45) is 4.15. The van der Waals surface area contributed by atoms with Crippen LogP contribution in [0.1, 0.15) is 31.1 Å². The molecule has 3 heterocycles. The van der Waals surface area contributed by atoms with E-state index >= 15 is 0 Å². The van der Waals surface area contributed by atoms with Gasteiger partial charge in [0.1, 0.15) is 5.76 Å². The lowest BCUT2D eigenvalue weighted by Gasteiger charge is -2.43. The monoisotopic (exact) mass is 399 g/mol. The molecule has 1 aromatic heterocycles. The van der Waals surface area contributed by atoms with Crippen molar-refractivity contribution < 1.29 is 14.0 Å². The number of amides is 3. The molecule has 0 bridgehead atoms. The largest absolute Gasteiger partial charge is 0.467 e. The highest BCUT2D eigenvalue weighted by atomic mass is 32.2. The van der Waals surface area contributed by atoms with Gasteiger partial charge < -0.3 is 19.5 Å². The number of thioether (sulfide) groups is 1. The first-order valence-electron chi connectivity index (χ1n) is 9.71. The third kappa shape index (κ3) is 3.76. The van der Waals surface area contributed by atoms with E-state index in [9.17, 15) is 9.59 Å². The molecule has 1 N–H and O–H groups in total. The Balaban J connectivity index is 1.37. The van der Waals surface area contributed by atoms with Crippen LogP contribution in [-0.2, 0) is 17.8 Å². The standard InChI is InChI=1S/C21H25N3O3S/c1-2-16-5-7-17(8-6-16)22-20(26)23-11-9-21(10-12-23)24(19(25)15-28-21)14-18-4-3-13-27-18/h3-8,13H,2,9-12,14-15H2,1H3,(H,22,26). The maximum Gasteiger partial charge on any atom is 0.321 e. The number of carbonyl (C=O) groups is 2. The Hall–Kier alpha value is -2.41. The smallest absolute Gasteiger partial charge is 0.321 e. The molecule has 0 aliphatic carbocycles. The number of hydrogen-bond donors (Lipinski definition) is 1. The molecule has 2 fully saturated rings. The summed E-state index contributed by atoms with van der Waals surface area (Å²) in [4.78, 5) is 28.6. The second kappa shape index (κ2) is 7.91. The Bertz CT molecular complexity index is 827. The fourth-order valence-electron chi connectivity index (χ4n) is 3.87. The maximum atomic E-state index is 12.6. The minimum Gasteiger partial charge on any atom is -0.467 e. The minimum absolute atomic E-state index is 0.0778. The molecule has 3 amide bonds. The van der Waals surface area contributed by atoms with Crippen molar-refractivity contribution >= 4 is 29.4 Å². The van der Waals surface area contributed by atoms with Crippen molar-refractivity contribution in [2.24, 2.45) is 0 Å². The summed E-state index contributed by atoms with van der Waals surface area (Å²) in [6.45, 7) is 3.87. The molecule has 0 radical (unpaired) electrons. The van der Waals surface area contributed by atoms with Gasteiger partial charge in [-0.05, 0) is 49.1 Å². The van der Waals surface area contributed by atoms with Gasteiger partial charge in [-0.1, -0.05) is 19.1 Å². The number of nitrogens with one attached hydrogen (secondary N) is 1. The second-order valence-corrected chi connectivity index (χ2v) is 8.60. The van der Waals surface area contributed by atoms with Crippen LogP contribution in [-0.4, -0.2) is 45.5 Å². The molecular formula is C21H25N3O3S. The summed E-state index contributed by atoms with van der Waals surface area (Å²) >= 11 is 1.70. The van der Waals surface area contributed by atoms with Gasteiger partial charge in [-0.3, -0.25) is 4.79 Å².